The van der Waals surface area contributed by atoms with Crippen molar-refractivity contribution in [3.8, 4) is 0 Å². The first-order valence-corrected chi connectivity index (χ1v) is 7.11. The second kappa shape index (κ2) is 6.26. The molecule has 7 heteroatoms. The van der Waals surface area contributed by atoms with E-state index in [2.05, 4.69) is 5.32 Å². The zero-order valence-electron chi connectivity index (χ0n) is 12.2. The van der Waals surface area contributed by atoms with Crippen molar-refractivity contribution in [2.24, 2.45) is 12.5 Å². The Morgan fingerprint density at radius 2 is 2.05 bits per heavy atom. The highest BCUT2D eigenvalue weighted by Crippen LogP contribution is 2.36. The van der Waals surface area contributed by atoms with E-state index in [0.717, 1.165) is 30.3 Å². The second-order valence-corrected chi connectivity index (χ2v) is 5.77. The predicted octanol–water partition coefficient (Wildman–Crippen LogP) is -0.784. The van der Waals surface area contributed by atoms with Crippen molar-refractivity contribution in [1.29, 1.82) is 0 Å². The summed E-state index contributed by atoms with van der Waals surface area (Å²) in [5.74, 6) is -0.296. The van der Waals surface area contributed by atoms with Crippen LogP contribution in [-0.2, 0) is 18.4 Å². The van der Waals surface area contributed by atoms with Crippen LogP contribution in [0.5, 0.6) is 0 Å². The summed E-state index contributed by atoms with van der Waals surface area (Å²) in [7, 11) is 1.37. The fourth-order valence-electron chi connectivity index (χ4n) is 2.75. The Morgan fingerprint density at radius 1 is 1.38 bits per heavy atom. The molecular formula is C14H21N3O4. The lowest BCUT2D eigenvalue weighted by atomic mass is 9.87. The molecule has 1 amide bonds. The van der Waals surface area contributed by atoms with Crippen LogP contribution in [-0.4, -0.2) is 33.3 Å². The number of hydrogen-bond donors (Lipinski definition) is 2. The maximum atomic E-state index is 11.9. The zero-order valence-corrected chi connectivity index (χ0v) is 12.2. The SMILES string of the molecule is Cn1c(=O)ccn(CC(=O)NCC2(CO)CCCC2)c1=O. The van der Waals surface area contributed by atoms with E-state index in [1.54, 1.807) is 0 Å². The first-order valence-electron chi connectivity index (χ1n) is 7.11. The quantitative estimate of drug-likeness (QED) is 0.745. The molecule has 1 aromatic rings. The van der Waals surface area contributed by atoms with Crippen molar-refractivity contribution >= 4 is 5.91 Å². The van der Waals surface area contributed by atoms with Gasteiger partial charge in [0.2, 0.25) is 5.91 Å². The van der Waals surface area contributed by atoms with Crippen LogP contribution < -0.4 is 16.6 Å². The average Bonchev–Trinajstić information content (AvgIpc) is 2.95. The molecule has 2 N–H and O–H groups in total. The first-order chi connectivity index (χ1) is 9.97. The summed E-state index contributed by atoms with van der Waals surface area (Å²) >= 11 is 0. The van der Waals surface area contributed by atoms with E-state index in [-0.39, 0.29) is 24.5 Å². The van der Waals surface area contributed by atoms with Crippen LogP contribution in [0.25, 0.3) is 0 Å². The van der Waals surface area contributed by atoms with Gasteiger partial charge in [0.15, 0.2) is 0 Å². The first kappa shape index (κ1) is 15.5. The topological polar surface area (TPSA) is 93.3 Å². The van der Waals surface area contributed by atoms with E-state index in [9.17, 15) is 19.5 Å². The van der Waals surface area contributed by atoms with E-state index in [1.165, 1.54) is 23.9 Å². The average molecular weight is 295 g/mol. The smallest absolute Gasteiger partial charge is 0.331 e. The Kier molecular flexibility index (Phi) is 4.62. The van der Waals surface area contributed by atoms with Crippen LogP contribution >= 0.6 is 0 Å². The largest absolute Gasteiger partial charge is 0.396 e. The normalized spacial score (nSPS) is 16.9. The third kappa shape index (κ3) is 3.41. The number of amides is 1. The Labute approximate surface area is 122 Å². The maximum Gasteiger partial charge on any atom is 0.331 e. The van der Waals surface area contributed by atoms with Crippen LogP contribution in [0.2, 0.25) is 0 Å². The molecule has 1 aliphatic carbocycles. The van der Waals surface area contributed by atoms with Crippen molar-refractivity contribution in [3.05, 3.63) is 33.1 Å². The number of nitrogens with zero attached hydrogens (tertiary/aromatic N) is 2. The van der Waals surface area contributed by atoms with Crippen LogP contribution in [0, 0.1) is 5.41 Å². The lowest BCUT2D eigenvalue weighted by Gasteiger charge is -2.26. The van der Waals surface area contributed by atoms with Crippen molar-refractivity contribution in [2.45, 2.75) is 32.2 Å². The molecule has 1 heterocycles. The van der Waals surface area contributed by atoms with E-state index >= 15 is 0 Å². The molecule has 21 heavy (non-hydrogen) atoms. The van der Waals surface area contributed by atoms with Crippen LogP contribution in [0.15, 0.2) is 21.9 Å². The summed E-state index contributed by atoms with van der Waals surface area (Å²) in [6.45, 7) is 0.352. The Hall–Kier alpha value is -1.89. The third-order valence-corrected chi connectivity index (χ3v) is 4.23. The Bertz CT molecular complexity index is 626. The Morgan fingerprint density at radius 3 is 2.67 bits per heavy atom. The number of aliphatic hydroxyl groups is 1. The summed E-state index contributed by atoms with van der Waals surface area (Å²) in [6.07, 6.45) is 5.27. The van der Waals surface area contributed by atoms with E-state index in [1.807, 2.05) is 0 Å². The van der Waals surface area contributed by atoms with Gasteiger partial charge >= 0.3 is 5.69 Å². The summed E-state index contributed by atoms with van der Waals surface area (Å²) in [5, 5.41) is 12.3. The molecule has 0 bridgehead atoms. The van der Waals surface area contributed by atoms with Crippen molar-refractivity contribution in [3.63, 3.8) is 0 Å². The number of nitrogens with one attached hydrogen (secondary N) is 1. The van der Waals surface area contributed by atoms with Crippen molar-refractivity contribution in [2.75, 3.05) is 13.2 Å². The van der Waals surface area contributed by atoms with Gasteiger partial charge in [-0.25, -0.2) is 4.79 Å². The molecule has 0 spiro atoms. The predicted molar refractivity (Wildman–Crippen MR) is 76.9 cm³/mol. The van der Waals surface area contributed by atoms with Crippen molar-refractivity contribution < 1.29 is 9.90 Å². The molecule has 0 saturated heterocycles. The lowest BCUT2D eigenvalue weighted by Crippen LogP contribution is -2.43. The molecule has 0 radical (unpaired) electrons. The number of aromatic nitrogens is 2. The number of aliphatic hydroxyl groups excluding tert-OH is 1. The highest BCUT2D eigenvalue weighted by molar-refractivity contribution is 5.75. The zero-order chi connectivity index (χ0) is 15.5. The fourth-order valence-corrected chi connectivity index (χ4v) is 2.75. The molecule has 0 unspecified atom stereocenters. The summed E-state index contributed by atoms with van der Waals surface area (Å²) < 4.78 is 2.15. The molecule has 1 saturated carbocycles. The lowest BCUT2D eigenvalue weighted by molar-refractivity contribution is -0.122. The van der Waals surface area contributed by atoms with Crippen LogP contribution in [0.4, 0.5) is 0 Å². The minimum atomic E-state index is -0.518. The van der Waals surface area contributed by atoms with Gasteiger partial charge in [0.05, 0.1) is 6.61 Å². The van der Waals surface area contributed by atoms with Gasteiger partial charge in [-0.15, -0.1) is 0 Å². The van der Waals surface area contributed by atoms with Crippen LogP contribution in [0.1, 0.15) is 25.7 Å². The van der Waals surface area contributed by atoms with Gasteiger partial charge in [0.25, 0.3) is 5.56 Å². The van der Waals surface area contributed by atoms with Crippen LogP contribution in [0.3, 0.4) is 0 Å². The van der Waals surface area contributed by atoms with Gasteiger partial charge in [0, 0.05) is 31.3 Å². The van der Waals surface area contributed by atoms with Gasteiger partial charge in [0.1, 0.15) is 6.54 Å². The molecule has 1 fully saturated rings. The van der Waals surface area contributed by atoms with Gasteiger partial charge < -0.3 is 10.4 Å². The summed E-state index contributed by atoms with van der Waals surface area (Å²) in [4.78, 5) is 35.0. The molecule has 2 rings (SSSR count). The number of carbonyl (C=O) groups is 1. The Balaban J connectivity index is 1.98. The second-order valence-electron chi connectivity index (χ2n) is 5.77. The molecule has 0 atom stereocenters. The number of hydrogen-bond acceptors (Lipinski definition) is 4. The van der Waals surface area contributed by atoms with Gasteiger partial charge in [-0.3, -0.25) is 18.7 Å². The fraction of sp³-hybridized carbons (Fsp3) is 0.643. The van der Waals surface area contributed by atoms with Crippen molar-refractivity contribution in [1.82, 2.24) is 14.5 Å². The molecular weight excluding hydrogens is 274 g/mol. The van der Waals surface area contributed by atoms with Gasteiger partial charge in [-0.2, -0.15) is 0 Å². The molecule has 0 aliphatic heterocycles. The molecule has 116 valence electrons. The van der Waals surface area contributed by atoms with Gasteiger partial charge in [-0.05, 0) is 12.8 Å². The minimum absolute atomic E-state index is 0.0626. The molecule has 1 aromatic heterocycles. The van der Waals surface area contributed by atoms with Gasteiger partial charge in [-0.1, -0.05) is 12.8 Å². The van der Waals surface area contributed by atoms with E-state index < -0.39 is 11.2 Å². The summed E-state index contributed by atoms with van der Waals surface area (Å²) in [5.41, 5.74) is -1.14. The molecule has 1 aliphatic rings. The maximum absolute atomic E-state index is 11.9. The highest BCUT2D eigenvalue weighted by atomic mass is 16.3. The standard InChI is InChI=1S/C14H21N3O4/c1-16-12(20)4-7-17(13(16)21)8-11(19)15-9-14(10-18)5-2-3-6-14/h4,7,18H,2-3,5-6,8-10H2,1H3,(H,15,19). The molecule has 0 aromatic carbocycles. The third-order valence-electron chi connectivity index (χ3n) is 4.23. The van der Waals surface area contributed by atoms with E-state index in [0.29, 0.717) is 6.54 Å². The summed E-state index contributed by atoms with van der Waals surface area (Å²) in [6, 6.07) is 1.25. The molecule has 7 nitrogen and oxygen atoms in total. The monoisotopic (exact) mass is 295 g/mol. The number of carbonyl (C=O) groups excluding carboxylic acids is 1. The number of rotatable bonds is 5. The van der Waals surface area contributed by atoms with E-state index in [4.69, 9.17) is 0 Å². The minimum Gasteiger partial charge on any atom is -0.396 e. The highest BCUT2D eigenvalue weighted by Gasteiger charge is 2.33.